The van der Waals surface area contributed by atoms with Gasteiger partial charge in [-0.2, -0.15) is 0 Å². The maximum Gasteiger partial charge on any atom is 0.219 e. The first-order valence-electron chi connectivity index (χ1n) is 5.64. The van der Waals surface area contributed by atoms with Gasteiger partial charge >= 0.3 is 0 Å². The Hall–Kier alpha value is -1.18. The van der Waals surface area contributed by atoms with E-state index in [-0.39, 0.29) is 23.0 Å². The van der Waals surface area contributed by atoms with Crippen LogP contribution in [0.1, 0.15) is 25.0 Å². The van der Waals surface area contributed by atoms with E-state index in [0.29, 0.717) is 5.75 Å². The Balaban J connectivity index is 2.72. The van der Waals surface area contributed by atoms with Crippen LogP contribution in [0.15, 0.2) is 12.3 Å². The Morgan fingerprint density at radius 2 is 2.26 bits per heavy atom. The van der Waals surface area contributed by atoms with Gasteiger partial charge in [0.25, 0.3) is 0 Å². The van der Waals surface area contributed by atoms with Crippen LogP contribution in [0.3, 0.4) is 0 Å². The van der Waals surface area contributed by atoms with Crippen molar-refractivity contribution < 1.29 is 24.1 Å². The fourth-order valence-corrected chi connectivity index (χ4v) is 2.16. The summed E-state index contributed by atoms with van der Waals surface area (Å²) in [5.74, 6) is -0.189. The lowest BCUT2D eigenvalue weighted by atomic mass is 10.0. The van der Waals surface area contributed by atoms with Crippen LogP contribution < -0.4 is 4.74 Å². The minimum Gasteiger partial charge on any atom is -0.481 e. The summed E-state index contributed by atoms with van der Waals surface area (Å²) in [6, 6.07) is 1.07. The predicted octanol–water partition coefficient (Wildman–Crippen LogP) is 1.29. The molecule has 0 saturated heterocycles. The van der Waals surface area contributed by atoms with Gasteiger partial charge < -0.3 is 14.9 Å². The Morgan fingerprint density at radius 3 is 2.84 bits per heavy atom. The van der Waals surface area contributed by atoms with Crippen molar-refractivity contribution in [1.29, 1.82) is 0 Å². The standard InChI is InChI=1S/C12H16FNO4S/c1-7(15)19-4-3-10(16)11(17)9-5-8(13)6-14-12(9)18-2/h5-6,10-11,16-17H,3-4H2,1-2H3. The van der Waals surface area contributed by atoms with Crippen molar-refractivity contribution in [1.82, 2.24) is 4.98 Å². The lowest BCUT2D eigenvalue weighted by Gasteiger charge is -2.19. The van der Waals surface area contributed by atoms with Gasteiger partial charge in [-0.3, -0.25) is 4.79 Å². The van der Waals surface area contributed by atoms with Crippen LogP contribution in [0, 0.1) is 5.82 Å². The molecule has 1 heterocycles. The number of hydrogen-bond acceptors (Lipinski definition) is 6. The third-order valence-electron chi connectivity index (χ3n) is 2.44. The van der Waals surface area contributed by atoms with Crippen LogP contribution in [0.4, 0.5) is 4.39 Å². The number of nitrogens with zero attached hydrogens (tertiary/aromatic N) is 1. The van der Waals surface area contributed by atoms with Gasteiger partial charge in [-0.25, -0.2) is 9.37 Å². The third-order valence-corrected chi connectivity index (χ3v) is 3.29. The molecule has 2 unspecified atom stereocenters. The van der Waals surface area contributed by atoms with E-state index in [9.17, 15) is 19.4 Å². The molecule has 0 fully saturated rings. The van der Waals surface area contributed by atoms with Crippen molar-refractivity contribution in [3.8, 4) is 5.88 Å². The summed E-state index contributed by atoms with van der Waals surface area (Å²) in [7, 11) is 1.34. The molecular formula is C12H16FNO4S. The van der Waals surface area contributed by atoms with Crippen molar-refractivity contribution >= 4 is 16.9 Å². The summed E-state index contributed by atoms with van der Waals surface area (Å²) >= 11 is 1.05. The van der Waals surface area contributed by atoms with Gasteiger partial charge in [0.05, 0.1) is 19.4 Å². The second kappa shape index (κ2) is 7.42. The molecule has 0 aliphatic heterocycles. The summed E-state index contributed by atoms with van der Waals surface area (Å²) in [4.78, 5) is 14.4. The molecule has 106 valence electrons. The monoisotopic (exact) mass is 289 g/mol. The minimum absolute atomic E-state index is 0.0622. The number of thioether (sulfide) groups is 1. The number of ether oxygens (including phenoxy) is 1. The van der Waals surface area contributed by atoms with Gasteiger partial charge in [0.2, 0.25) is 5.88 Å². The van der Waals surface area contributed by atoms with Gasteiger partial charge in [-0.05, 0) is 12.5 Å². The molecule has 1 aromatic rings. The Kier molecular flexibility index (Phi) is 6.20. The third kappa shape index (κ3) is 4.77. The second-order valence-corrected chi connectivity index (χ2v) is 5.16. The average molecular weight is 289 g/mol. The minimum atomic E-state index is -1.31. The zero-order valence-electron chi connectivity index (χ0n) is 10.7. The molecule has 0 saturated carbocycles. The Labute approximate surface area is 114 Å². The molecule has 2 atom stereocenters. The largest absolute Gasteiger partial charge is 0.481 e. The number of aliphatic hydroxyl groups is 2. The summed E-state index contributed by atoms with van der Waals surface area (Å²) in [6.45, 7) is 1.42. The molecule has 0 aliphatic rings. The van der Waals surface area contributed by atoms with Gasteiger partial charge in [0.15, 0.2) is 5.12 Å². The number of carbonyl (C=O) groups is 1. The molecule has 0 amide bonds. The number of halogens is 1. The fraction of sp³-hybridized carbons (Fsp3) is 0.500. The number of aliphatic hydroxyl groups excluding tert-OH is 2. The summed E-state index contributed by atoms with van der Waals surface area (Å²) in [6.07, 6.45) is -1.27. The maximum absolute atomic E-state index is 13.1. The summed E-state index contributed by atoms with van der Waals surface area (Å²) in [5.41, 5.74) is 0.0859. The van der Waals surface area contributed by atoms with Crippen molar-refractivity contribution in [3.05, 3.63) is 23.6 Å². The van der Waals surface area contributed by atoms with Crippen molar-refractivity contribution in [2.75, 3.05) is 12.9 Å². The molecule has 0 bridgehead atoms. The maximum atomic E-state index is 13.1. The predicted molar refractivity (Wildman–Crippen MR) is 69.5 cm³/mol. The lowest BCUT2D eigenvalue weighted by molar-refractivity contribution is -0.109. The SMILES string of the molecule is COc1ncc(F)cc1C(O)C(O)CCSC(C)=O. The zero-order chi connectivity index (χ0) is 14.4. The number of aromatic nitrogens is 1. The first kappa shape index (κ1) is 15.9. The molecule has 1 aromatic heterocycles. The number of pyridine rings is 1. The number of rotatable bonds is 6. The van der Waals surface area contributed by atoms with E-state index in [1.165, 1.54) is 14.0 Å². The molecule has 5 nitrogen and oxygen atoms in total. The molecule has 19 heavy (non-hydrogen) atoms. The highest BCUT2D eigenvalue weighted by Crippen LogP contribution is 2.27. The molecule has 0 aromatic carbocycles. The van der Waals surface area contributed by atoms with E-state index < -0.39 is 18.0 Å². The van der Waals surface area contributed by atoms with Crippen LogP contribution in [-0.2, 0) is 4.79 Å². The number of hydrogen-bond donors (Lipinski definition) is 2. The highest BCUT2D eigenvalue weighted by Gasteiger charge is 2.23. The fourth-order valence-electron chi connectivity index (χ4n) is 1.51. The van der Waals surface area contributed by atoms with E-state index in [1.54, 1.807) is 0 Å². The quantitative estimate of drug-likeness (QED) is 0.821. The topological polar surface area (TPSA) is 79.7 Å². The van der Waals surface area contributed by atoms with Crippen molar-refractivity contribution in [2.45, 2.75) is 25.6 Å². The molecule has 0 radical (unpaired) electrons. The normalized spacial score (nSPS) is 13.9. The van der Waals surface area contributed by atoms with E-state index in [4.69, 9.17) is 4.74 Å². The van der Waals surface area contributed by atoms with Crippen LogP contribution in [0.25, 0.3) is 0 Å². The van der Waals surface area contributed by atoms with E-state index in [0.717, 1.165) is 24.0 Å². The van der Waals surface area contributed by atoms with Gasteiger partial charge in [-0.1, -0.05) is 11.8 Å². The second-order valence-electron chi connectivity index (χ2n) is 3.89. The van der Waals surface area contributed by atoms with E-state index in [2.05, 4.69) is 4.98 Å². The summed E-state index contributed by atoms with van der Waals surface area (Å²) < 4.78 is 18.0. The van der Waals surface area contributed by atoms with Crippen LogP contribution in [-0.4, -0.2) is 39.3 Å². The van der Waals surface area contributed by atoms with Crippen molar-refractivity contribution in [3.63, 3.8) is 0 Å². The number of carbonyl (C=O) groups excluding carboxylic acids is 1. The van der Waals surface area contributed by atoms with Gasteiger partial charge in [0.1, 0.15) is 11.9 Å². The highest BCUT2D eigenvalue weighted by molar-refractivity contribution is 8.13. The molecule has 0 spiro atoms. The van der Waals surface area contributed by atoms with Crippen LogP contribution in [0.5, 0.6) is 5.88 Å². The smallest absolute Gasteiger partial charge is 0.219 e. The van der Waals surface area contributed by atoms with Crippen LogP contribution >= 0.6 is 11.8 Å². The first-order chi connectivity index (χ1) is 8.95. The highest BCUT2D eigenvalue weighted by atomic mass is 32.2. The molecule has 7 heteroatoms. The number of methoxy groups -OCH3 is 1. The van der Waals surface area contributed by atoms with Crippen molar-refractivity contribution in [2.24, 2.45) is 0 Å². The van der Waals surface area contributed by atoms with E-state index >= 15 is 0 Å². The molecule has 0 aliphatic carbocycles. The molecule has 2 N–H and O–H groups in total. The van der Waals surface area contributed by atoms with Gasteiger partial charge in [-0.15, -0.1) is 0 Å². The Bertz CT molecular complexity index is 444. The van der Waals surface area contributed by atoms with Crippen LogP contribution in [0.2, 0.25) is 0 Å². The zero-order valence-corrected chi connectivity index (χ0v) is 11.5. The molecule has 1 rings (SSSR count). The average Bonchev–Trinajstić information content (AvgIpc) is 2.37. The van der Waals surface area contributed by atoms with Gasteiger partial charge in [0, 0.05) is 18.2 Å². The lowest BCUT2D eigenvalue weighted by Crippen LogP contribution is -2.20. The summed E-state index contributed by atoms with van der Waals surface area (Å²) in [5, 5.41) is 19.7. The molecular weight excluding hydrogens is 273 g/mol. The first-order valence-corrected chi connectivity index (χ1v) is 6.63. The van der Waals surface area contributed by atoms with E-state index in [1.807, 2.05) is 0 Å². The Morgan fingerprint density at radius 1 is 1.58 bits per heavy atom.